The maximum Gasteiger partial charge on any atom is 0.136 e. The third kappa shape index (κ3) is 2.59. The normalized spacial score (nSPS) is 16.5. The van der Waals surface area contributed by atoms with E-state index >= 15 is 0 Å². The molecule has 1 aliphatic rings. The first-order chi connectivity index (χ1) is 11.0. The second kappa shape index (κ2) is 5.83. The fraction of sp³-hybridized carbons (Fsp3) is 0.158. The molecule has 0 bridgehead atoms. The lowest BCUT2D eigenvalue weighted by molar-refractivity contribution is 0.615. The number of nitriles is 2. The quantitative estimate of drug-likeness (QED) is 0.749. The number of thioether (sulfide) groups is 1. The van der Waals surface area contributed by atoms with Gasteiger partial charge >= 0.3 is 0 Å². The number of hydrogen-bond acceptors (Lipinski definition) is 4. The first kappa shape index (κ1) is 15.2. The largest absolute Gasteiger partial charge is 0.342 e. The van der Waals surface area contributed by atoms with Crippen molar-refractivity contribution in [2.75, 3.05) is 7.05 Å². The summed E-state index contributed by atoms with van der Waals surface area (Å²) in [6, 6.07) is 15.9. The van der Waals surface area contributed by atoms with Crippen molar-refractivity contribution in [1.82, 2.24) is 4.90 Å². The van der Waals surface area contributed by atoms with Gasteiger partial charge in [0, 0.05) is 28.1 Å². The van der Waals surface area contributed by atoms with Crippen molar-refractivity contribution in [2.45, 2.75) is 13.8 Å². The minimum absolute atomic E-state index is 0.145. The van der Waals surface area contributed by atoms with Crippen LogP contribution in [0.4, 0.5) is 0 Å². The summed E-state index contributed by atoms with van der Waals surface area (Å²) < 4.78 is 0. The van der Waals surface area contributed by atoms with Crippen LogP contribution in [0.25, 0.3) is 21.4 Å². The standard InChI is InChI=1S/C19H15N3S/c1-12-13(2)23-19(22(12)3)17-7-6-14-8-16(18(10-20)11-21)5-4-15(14)9-17/h4-9H,1-3H3/b19-17+. The molecule has 0 saturated carbocycles. The van der Waals surface area contributed by atoms with Gasteiger partial charge in [-0.3, -0.25) is 0 Å². The monoisotopic (exact) mass is 317 g/mol. The molecule has 0 unspecified atom stereocenters. The Labute approximate surface area is 139 Å². The highest BCUT2D eigenvalue weighted by atomic mass is 32.2. The minimum atomic E-state index is 0.145. The van der Waals surface area contributed by atoms with Crippen LogP contribution in [0.15, 0.2) is 47.0 Å². The number of benzene rings is 2. The van der Waals surface area contributed by atoms with Crippen molar-refractivity contribution < 1.29 is 0 Å². The van der Waals surface area contributed by atoms with Gasteiger partial charge in [0.05, 0.1) is 5.03 Å². The summed E-state index contributed by atoms with van der Waals surface area (Å²) >= 11 is 1.79. The molecule has 0 spiro atoms. The van der Waals surface area contributed by atoms with E-state index in [2.05, 4.69) is 37.9 Å². The Kier molecular flexibility index (Phi) is 3.86. The zero-order valence-electron chi connectivity index (χ0n) is 13.2. The van der Waals surface area contributed by atoms with Gasteiger partial charge in [0.15, 0.2) is 0 Å². The zero-order valence-corrected chi connectivity index (χ0v) is 14.0. The molecule has 3 rings (SSSR count). The van der Waals surface area contributed by atoms with Gasteiger partial charge in [-0.15, -0.1) is 0 Å². The summed E-state index contributed by atoms with van der Waals surface area (Å²) in [5, 5.41) is 23.2. The van der Waals surface area contributed by atoms with Gasteiger partial charge in [-0.2, -0.15) is 10.5 Å². The Morgan fingerprint density at radius 1 is 1.00 bits per heavy atom. The van der Waals surface area contributed by atoms with E-state index in [9.17, 15) is 0 Å². The lowest BCUT2D eigenvalue weighted by Crippen LogP contribution is -2.16. The van der Waals surface area contributed by atoms with E-state index in [0.29, 0.717) is 5.22 Å². The molecule has 0 aromatic heterocycles. The van der Waals surface area contributed by atoms with E-state index in [1.165, 1.54) is 20.8 Å². The van der Waals surface area contributed by atoms with E-state index in [1.807, 2.05) is 36.4 Å². The van der Waals surface area contributed by atoms with Gasteiger partial charge in [0.1, 0.15) is 17.7 Å². The third-order valence-corrected chi connectivity index (χ3v) is 5.47. The fourth-order valence-corrected chi connectivity index (χ4v) is 3.71. The molecule has 112 valence electrons. The molecule has 23 heavy (non-hydrogen) atoms. The molecule has 2 aromatic rings. The highest BCUT2D eigenvalue weighted by Crippen LogP contribution is 2.39. The van der Waals surface area contributed by atoms with Crippen LogP contribution in [0.1, 0.15) is 13.8 Å². The SMILES string of the molecule is CC1=C(C)N(C)/C(=c2/ccc3cc(=C(C#N)C#N)ccc3c2)S1. The topological polar surface area (TPSA) is 50.8 Å². The molecule has 1 heterocycles. The first-order valence-electron chi connectivity index (χ1n) is 7.23. The van der Waals surface area contributed by atoms with Crippen molar-refractivity contribution in [3.63, 3.8) is 0 Å². The van der Waals surface area contributed by atoms with Crippen molar-refractivity contribution in [3.05, 3.63) is 57.4 Å². The third-order valence-electron chi connectivity index (χ3n) is 4.17. The molecule has 0 amide bonds. The molecule has 0 atom stereocenters. The highest BCUT2D eigenvalue weighted by molar-refractivity contribution is 8.11. The maximum atomic E-state index is 8.99. The van der Waals surface area contributed by atoms with Crippen molar-refractivity contribution >= 4 is 33.1 Å². The van der Waals surface area contributed by atoms with Crippen LogP contribution in [0.5, 0.6) is 0 Å². The molecule has 0 radical (unpaired) electrons. The molecular formula is C19H15N3S. The predicted octanol–water partition coefficient (Wildman–Crippen LogP) is 3.03. The van der Waals surface area contributed by atoms with Crippen molar-refractivity contribution in [1.29, 1.82) is 10.5 Å². The van der Waals surface area contributed by atoms with Gasteiger partial charge in [0.2, 0.25) is 0 Å². The second-order valence-electron chi connectivity index (χ2n) is 5.48. The summed E-state index contributed by atoms with van der Waals surface area (Å²) in [5.41, 5.74) is 1.43. The minimum Gasteiger partial charge on any atom is -0.342 e. The van der Waals surface area contributed by atoms with E-state index in [1.54, 1.807) is 11.8 Å². The van der Waals surface area contributed by atoms with E-state index < -0.39 is 0 Å². The molecular weight excluding hydrogens is 302 g/mol. The van der Waals surface area contributed by atoms with Crippen molar-refractivity contribution in [2.24, 2.45) is 0 Å². The molecule has 3 nitrogen and oxygen atoms in total. The van der Waals surface area contributed by atoms with Gasteiger partial charge in [0.25, 0.3) is 0 Å². The Morgan fingerprint density at radius 2 is 1.65 bits per heavy atom. The summed E-state index contributed by atoms with van der Waals surface area (Å²) in [6.45, 7) is 4.27. The summed E-state index contributed by atoms with van der Waals surface area (Å²) in [7, 11) is 2.09. The van der Waals surface area contributed by atoms with Crippen molar-refractivity contribution in [3.8, 4) is 12.1 Å². The lowest BCUT2D eigenvalue weighted by Gasteiger charge is -2.14. The molecule has 1 aliphatic heterocycles. The summed E-state index contributed by atoms with van der Waals surface area (Å²) in [4.78, 5) is 3.53. The van der Waals surface area contributed by atoms with Crippen LogP contribution in [-0.4, -0.2) is 11.9 Å². The van der Waals surface area contributed by atoms with Crippen LogP contribution in [0.2, 0.25) is 0 Å². The zero-order chi connectivity index (χ0) is 16.6. The van der Waals surface area contributed by atoms with Crippen LogP contribution in [-0.2, 0) is 0 Å². The molecule has 0 fully saturated rings. The molecule has 2 aromatic carbocycles. The average molecular weight is 317 g/mol. The highest BCUT2D eigenvalue weighted by Gasteiger charge is 2.19. The second-order valence-corrected chi connectivity index (χ2v) is 6.69. The molecule has 0 aliphatic carbocycles. The van der Waals surface area contributed by atoms with E-state index in [0.717, 1.165) is 10.8 Å². The van der Waals surface area contributed by atoms with Crippen LogP contribution >= 0.6 is 11.8 Å². The number of rotatable bonds is 0. The summed E-state index contributed by atoms with van der Waals surface area (Å²) in [5.74, 6) is 0. The number of allylic oxidation sites excluding steroid dienone is 2. The Hall–Kier alpha value is -2.69. The van der Waals surface area contributed by atoms with Gasteiger partial charge < -0.3 is 4.90 Å². The van der Waals surface area contributed by atoms with Crippen LogP contribution < -0.4 is 10.4 Å². The number of fused-ring (bicyclic) bond motifs is 1. The Morgan fingerprint density at radius 3 is 2.26 bits per heavy atom. The van der Waals surface area contributed by atoms with Gasteiger partial charge in [-0.25, -0.2) is 0 Å². The van der Waals surface area contributed by atoms with Crippen LogP contribution in [0, 0.1) is 22.7 Å². The smallest absolute Gasteiger partial charge is 0.136 e. The fourth-order valence-electron chi connectivity index (χ4n) is 2.62. The van der Waals surface area contributed by atoms with E-state index in [-0.39, 0.29) is 5.57 Å². The predicted molar refractivity (Wildman–Crippen MR) is 95.0 cm³/mol. The van der Waals surface area contributed by atoms with Crippen LogP contribution in [0.3, 0.4) is 0 Å². The van der Waals surface area contributed by atoms with Gasteiger partial charge in [-0.1, -0.05) is 36.0 Å². The molecule has 0 saturated heterocycles. The maximum absolute atomic E-state index is 8.99. The Bertz CT molecular complexity index is 1030. The number of hydrogen-bond donors (Lipinski definition) is 0. The van der Waals surface area contributed by atoms with E-state index in [4.69, 9.17) is 10.5 Å². The number of nitrogens with zero attached hydrogens (tertiary/aromatic N) is 3. The first-order valence-corrected chi connectivity index (χ1v) is 8.04. The summed E-state index contributed by atoms with van der Waals surface area (Å²) in [6.07, 6.45) is 0. The molecule has 4 heteroatoms. The van der Waals surface area contributed by atoms with Gasteiger partial charge in [-0.05, 0) is 36.8 Å². The lowest BCUT2D eigenvalue weighted by atomic mass is 10.1. The average Bonchev–Trinajstić information content (AvgIpc) is 2.83. The molecule has 0 N–H and O–H groups in total. The Balaban J connectivity index is 2.21.